The zero-order chi connectivity index (χ0) is 9.14. The largest absolute Gasteiger partial charge is 0.506 e. The van der Waals surface area contributed by atoms with Crippen LogP contribution in [-0.2, 0) is 0 Å². The molecule has 4 heteroatoms. The molecular weight excluding hydrogens is 190 g/mol. The fourth-order valence-corrected chi connectivity index (χ4v) is 0.932. The van der Waals surface area contributed by atoms with Crippen molar-refractivity contribution in [2.75, 3.05) is 5.73 Å². The molecule has 0 aromatic heterocycles. The molecule has 3 N–H and O–H groups in total. The van der Waals surface area contributed by atoms with Crippen LogP contribution in [0.5, 0.6) is 5.75 Å². The molecule has 0 saturated carbocycles. The molecule has 0 fully saturated rings. The van der Waals surface area contributed by atoms with Crippen molar-refractivity contribution in [1.29, 1.82) is 0 Å². The van der Waals surface area contributed by atoms with Gasteiger partial charge in [0.1, 0.15) is 5.75 Å². The summed E-state index contributed by atoms with van der Waals surface area (Å²) in [6.45, 7) is 1.78. The molecule has 0 heterocycles. The topological polar surface area (TPSA) is 63.3 Å². The van der Waals surface area contributed by atoms with Crippen LogP contribution < -0.4 is 5.73 Å². The Morgan fingerprint density at radius 1 is 1.54 bits per heavy atom. The van der Waals surface area contributed by atoms with Crippen LogP contribution in [0.2, 0.25) is 0 Å². The number of nitrogen functional groups attached to an aromatic ring is 1. The van der Waals surface area contributed by atoms with E-state index in [1.165, 1.54) is 12.1 Å². The van der Waals surface area contributed by atoms with Gasteiger partial charge in [0.05, 0.1) is 5.69 Å². The summed E-state index contributed by atoms with van der Waals surface area (Å²) in [5.41, 5.74) is 6.20. The molecular formula is C9H12ClNO2. The first-order valence-corrected chi connectivity index (χ1v) is 3.77. The van der Waals surface area contributed by atoms with Crippen LogP contribution in [-0.4, -0.2) is 10.9 Å². The van der Waals surface area contributed by atoms with E-state index >= 15 is 0 Å². The number of phenols is 1. The smallest absolute Gasteiger partial charge is 0.162 e. The van der Waals surface area contributed by atoms with E-state index in [9.17, 15) is 4.79 Å². The van der Waals surface area contributed by atoms with Gasteiger partial charge in [-0.15, -0.1) is 12.4 Å². The minimum absolute atomic E-state index is 0. The predicted octanol–water partition coefficient (Wildman–Crippen LogP) is 1.99. The van der Waals surface area contributed by atoms with Crippen LogP contribution in [0.25, 0.3) is 0 Å². The Morgan fingerprint density at radius 3 is 2.62 bits per heavy atom. The first kappa shape index (κ1) is 11.8. The predicted molar refractivity (Wildman–Crippen MR) is 54.4 cm³/mol. The first-order chi connectivity index (χ1) is 5.65. The lowest BCUT2D eigenvalue weighted by Crippen LogP contribution is -1.97. The molecule has 0 aliphatic heterocycles. The number of carbonyl (C=O) groups is 1. The highest BCUT2D eigenvalue weighted by molar-refractivity contribution is 5.96. The summed E-state index contributed by atoms with van der Waals surface area (Å²) in [6.07, 6.45) is 0.449. The third-order valence-electron chi connectivity index (χ3n) is 1.67. The van der Waals surface area contributed by atoms with Gasteiger partial charge in [-0.1, -0.05) is 6.92 Å². The monoisotopic (exact) mass is 201 g/mol. The second-order valence-corrected chi connectivity index (χ2v) is 2.55. The van der Waals surface area contributed by atoms with E-state index in [1.807, 2.05) is 0 Å². The Kier molecular flexibility index (Phi) is 4.28. The van der Waals surface area contributed by atoms with Crippen molar-refractivity contribution in [1.82, 2.24) is 0 Å². The van der Waals surface area contributed by atoms with E-state index in [2.05, 4.69) is 0 Å². The summed E-state index contributed by atoms with van der Waals surface area (Å²) in [5, 5.41) is 9.06. The summed E-state index contributed by atoms with van der Waals surface area (Å²) in [4.78, 5) is 11.1. The number of Topliss-reactive ketones (excluding diaryl/α,β-unsaturated/α-hetero) is 1. The molecule has 72 valence electrons. The van der Waals surface area contributed by atoms with Gasteiger partial charge in [-0.3, -0.25) is 4.79 Å². The molecule has 1 aromatic carbocycles. The maximum absolute atomic E-state index is 11.1. The van der Waals surface area contributed by atoms with Crippen LogP contribution in [0.3, 0.4) is 0 Å². The molecule has 3 nitrogen and oxygen atoms in total. The number of rotatable bonds is 2. The molecule has 0 radical (unpaired) electrons. The molecule has 0 amide bonds. The maximum atomic E-state index is 11.1. The zero-order valence-electron chi connectivity index (χ0n) is 7.28. The molecule has 1 rings (SSSR count). The molecule has 0 aliphatic carbocycles. The van der Waals surface area contributed by atoms with Crippen LogP contribution in [0.1, 0.15) is 23.7 Å². The lowest BCUT2D eigenvalue weighted by atomic mass is 10.1. The minimum Gasteiger partial charge on any atom is -0.506 e. The summed E-state index contributed by atoms with van der Waals surface area (Å²) in [5.74, 6) is 0.0457. The van der Waals surface area contributed by atoms with E-state index in [4.69, 9.17) is 10.8 Å². The summed E-state index contributed by atoms with van der Waals surface area (Å²) in [6, 6.07) is 4.48. The molecule has 0 spiro atoms. The number of hydrogen-bond donors (Lipinski definition) is 2. The van der Waals surface area contributed by atoms with Crippen LogP contribution >= 0.6 is 12.4 Å². The number of benzene rings is 1. The first-order valence-electron chi connectivity index (χ1n) is 3.77. The molecule has 0 atom stereocenters. The number of ketones is 1. The van der Waals surface area contributed by atoms with Gasteiger partial charge in [0, 0.05) is 12.0 Å². The lowest BCUT2D eigenvalue weighted by molar-refractivity contribution is 0.0988. The summed E-state index contributed by atoms with van der Waals surface area (Å²) >= 11 is 0. The fourth-order valence-electron chi connectivity index (χ4n) is 0.932. The second-order valence-electron chi connectivity index (χ2n) is 2.55. The average Bonchev–Trinajstić information content (AvgIpc) is 2.08. The van der Waals surface area contributed by atoms with Crippen LogP contribution in [0, 0.1) is 0 Å². The van der Waals surface area contributed by atoms with Crippen molar-refractivity contribution < 1.29 is 9.90 Å². The van der Waals surface area contributed by atoms with Crippen molar-refractivity contribution in [3.05, 3.63) is 23.8 Å². The molecule has 0 bridgehead atoms. The van der Waals surface area contributed by atoms with Crippen LogP contribution in [0.15, 0.2) is 18.2 Å². The van der Waals surface area contributed by atoms with Gasteiger partial charge in [0.25, 0.3) is 0 Å². The number of phenolic OH excluding ortho intramolecular Hbond substituents is 1. The van der Waals surface area contributed by atoms with Gasteiger partial charge in [0.15, 0.2) is 5.78 Å². The Labute approximate surface area is 83.0 Å². The number of nitrogens with two attached hydrogens (primary N) is 1. The van der Waals surface area contributed by atoms with Crippen LogP contribution in [0.4, 0.5) is 5.69 Å². The third kappa shape index (κ3) is 2.63. The SMILES string of the molecule is CCC(=O)c1ccc(O)c(N)c1.Cl. The molecule has 1 aromatic rings. The average molecular weight is 202 g/mol. The van der Waals surface area contributed by atoms with Crippen molar-refractivity contribution in [2.45, 2.75) is 13.3 Å². The number of anilines is 1. The van der Waals surface area contributed by atoms with Gasteiger partial charge in [-0.05, 0) is 18.2 Å². The quantitative estimate of drug-likeness (QED) is 0.437. The Bertz CT molecular complexity index is 312. The second kappa shape index (κ2) is 4.72. The normalized spacial score (nSPS) is 9.00. The molecule has 13 heavy (non-hydrogen) atoms. The van der Waals surface area contributed by atoms with E-state index < -0.39 is 0 Å². The number of carbonyl (C=O) groups excluding carboxylic acids is 1. The molecule has 0 aliphatic rings. The molecule has 0 saturated heterocycles. The van der Waals surface area contributed by atoms with E-state index in [-0.39, 0.29) is 29.6 Å². The summed E-state index contributed by atoms with van der Waals surface area (Å²) in [7, 11) is 0. The highest BCUT2D eigenvalue weighted by Crippen LogP contribution is 2.20. The van der Waals surface area contributed by atoms with Gasteiger partial charge in [-0.25, -0.2) is 0 Å². The zero-order valence-corrected chi connectivity index (χ0v) is 8.10. The highest BCUT2D eigenvalue weighted by Gasteiger charge is 2.04. The Hall–Kier alpha value is -1.22. The van der Waals surface area contributed by atoms with Gasteiger partial charge in [-0.2, -0.15) is 0 Å². The Balaban J connectivity index is 0.00000144. The maximum Gasteiger partial charge on any atom is 0.162 e. The third-order valence-corrected chi connectivity index (χ3v) is 1.67. The van der Waals surface area contributed by atoms with E-state index in [0.717, 1.165) is 0 Å². The Morgan fingerprint density at radius 2 is 2.15 bits per heavy atom. The van der Waals surface area contributed by atoms with Gasteiger partial charge in [0.2, 0.25) is 0 Å². The number of hydrogen-bond acceptors (Lipinski definition) is 3. The molecule has 0 unspecified atom stereocenters. The van der Waals surface area contributed by atoms with Gasteiger partial charge >= 0.3 is 0 Å². The standard InChI is InChI=1S/C9H11NO2.ClH/c1-2-8(11)6-3-4-9(12)7(10)5-6;/h3-5,12H,2,10H2,1H3;1H. The van der Waals surface area contributed by atoms with Gasteiger partial charge < -0.3 is 10.8 Å². The number of aromatic hydroxyl groups is 1. The lowest BCUT2D eigenvalue weighted by Gasteiger charge is -2.01. The fraction of sp³-hybridized carbons (Fsp3) is 0.222. The summed E-state index contributed by atoms with van der Waals surface area (Å²) < 4.78 is 0. The minimum atomic E-state index is 0. The number of halogens is 1. The van der Waals surface area contributed by atoms with E-state index in [0.29, 0.717) is 12.0 Å². The van der Waals surface area contributed by atoms with Crippen molar-refractivity contribution in [3.63, 3.8) is 0 Å². The van der Waals surface area contributed by atoms with Crippen molar-refractivity contribution >= 4 is 23.9 Å². The van der Waals surface area contributed by atoms with Crippen molar-refractivity contribution in [2.24, 2.45) is 0 Å². The highest BCUT2D eigenvalue weighted by atomic mass is 35.5. The van der Waals surface area contributed by atoms with E-state index in [1.54, 1.807) is 13.0 Å². The van der Waals surface area contributed by atoms with Crippen molar-refractivity contribution in [3.8, 4) is 5.75 Å².